The predicted molar refractivity (Wildman–Crippen MR) is 190 cm³/mol. The molecule has 0 spiro atoms. The highest BCUT2D eigenvalue weighted by atomic mass is 16.4. The van der Waals surface area contributed by atoms with Gasteiger partial charge in [-0.1, -0.05) is 13.8 Å². The van der Waals surface area contributed by atoms with Crippen LogP contribution in [0.3, 0.4) is 0 Å². The second-order valence-corrected chi connectivity index (χ2v) is 14.1. The van der Waals surface area contributed by atoms with E-state index in [1.165, 1.54) is 16.7 Å². The summed E-state index contributed by atoms with van der Waals surface area (Å²) in [4.78, 5) is 117. The number of nitrogens with one attached hydrogen (secondary N) is 4. The Labute approximate surface area is 313 Å². The van der Waals surface area contributed by atoms with Gasteiger partial charge in [-0.2, -0.15) is 0 Å². The normalized spacial score (nSPS) is 19.6. The summed E-state index contributed by atoms with van der Waals surface area (Å²) in [6.07, 6.45) is 1.16. The van der Waals surface area contributed by atoms with Crippen molar-refractivity contribution < 1.29 is 58.5 Å². The van der Waals surface area contributed by atoms with Gasteiger partial charge in [0.05, 0.1) is 6.04 Å². The molecule has 2 rings (SSSR count). The fourth-order valence-electron chi connectivity index (χ4n) is 6.39. The zero-order chi connectivity index (χ0) is 40.7. The summed E-state index contributed by atoms with van der Waals surface area (Å²) in [5.74, 6) is -8.33. The zero-order valence-electron chi connectivity index (χ0n) is 31.1. The minimum atomic E-state index is -1.44. The molecule has 2 aliphatic rings. The molecule has 2 saturated heterocycles. The van der Waals surface area contributed by atoms with Gasteiger partial charge < -0.3 is 57.9 Å². The lowest BCUT2D eigenvalue weighted by Gasteiger charge is -2.33. The van der Waals surface area contributed by atoms with Crippen LogP contribution in [-0.2, 0) is 43.2 Å². The Balaban J connectivity index is 2.14. The fourth-order valence-corrected chi connectivity index (χ4v) is 6.39. The largest absolute Gasteiger partial charge is 0.481 e. The lowest BCUT2D eigenvalue weighted by Crippen LogP contribution is -2.60. The summed E-state index contributed by atoms with van der Waals surface area (Å²) in [6.45, 7) is 5.39. The van der Waals surface area contributed by atoms with Crippen molar-refractivity contribution in [2.45, 2.75) is 134 Å². The molecule has 0 aromatic carbocycles. The number of carboxylic acid groups (broad SMARTS) is 3. The lowest BCUT2D eigenvalue weighted by molar-refractivity contribution is -0.145. The van der Waals surface area contributed by atoms with Crippen molar-refractivity contribution >= 4 is 53.4 Å². The van der Waals surface area contributed by atoms with Gasteiger partial charge in [0, 0.05) is 25.9 Å². The van der Waals surface area contributed by atoms with Crippen molar-refractivity contribution in [1.29, 1.82) is 0 Å². The molecule has 20 heteroatoms. The zero-order valence-corrected chi connectivity index (χ0v) is 31.1. The molecule has 0 aromatic heterocycles. The number of hydrogen-bond acceptors (Lipinski definition) is 11. The van der Waals surface area contributed by atoms with Crippen LogP contribution in [0.2, 0.25) is 0 Å². The third-order valence-electron chi connectivity index (χ3n) is 9.49. The molecule has 0 bridgehead atoms. The van der Waals surface area contributed by atoms with Gasteiger partial charge in [0.1, 0.15) is 36.3 Å². The van der Waals surface area contributed by atoms with Crippen molar-refractivity contribution in [2.75, 3.05) is 19.6 Å². The number of hydrogen-bond donors (Lipinski definition) is 9. The molecular formula is C34H56N8O12. The number of unbranched alkanes of at least 4 members (excludes halogenated alkanes) is 1. The van der Waals surface area contributed by atoms with Crippen LogP contribution in [-0.4, -0.2) is 140 Å². The quantitative estimate of drug-likeness (QED) is 0.0531. The van der Waals surface area contributed by atoms with Crippen LogP contribution in [0.25, 0.3) is 0 Å². The fraction of sp³-hybridized carbons (Fsp3) is 0.735. The van der Waals surface area contributed by atoms with E-state index in [9.17, 15) is 53.4 Å². The smallest absolute Gasteiger partial charge is 0.326 e. The van der Waals surface area contributed by atoms with Gasteiger partial charge in [-0.25, -0.2) is 4.79 Å². The van der Waals surface area contributed by atoms with Gasteiger partial charge in [-0.05, 0) is 77.2 Å². The molecule has 0 saturated carbocycles. The van der Waals surface area contributed by atoms with Crippen molar-refractivity contribution in [3.05, 3.63) is 0 Å². The third kappa shape index (κ3) is 13.5. The van der Waals surface area contributed by atoms with E-state index in [1.807, 2.05) is 0 Å². The van der Waals surface area contributed by atoms with Crippen LogP contribution in [0, 0.1) is 5.92 Å². The molecule has 7 atom stereocenters. The first-order valence-electron chi connectivity index (χ1n) is 18.3. The maximum Gasteiger partial charge on any atom is 0.326 e. The molecule has 0 aromatic rings. The van der Waals surface area contributed by atoms with E-state index < -0.39 is 108 Å². The van der Waals surface area contributed by atoms with Crippen LogP contribution in [0.4, 0.5) is 0 Å². The van der Waals surface area contributed by atoms with Gasteiger partial charge >= 0.3 is 17.9 Å². The van der Waals surface area contributed by atoms with Crippen LogP contribution < -0.4 is 32.7 Å². The van der Waals surface area contributed by atoms with Crippen molar-refractivity contribution in [1.82, 2.24) is 31.1 Å². The van der Waals surface area contributed by atoms with E-state index in [1.54, 1.807) is 13.8 Å². The average Bonchev–Trinajstić information content (AvgIpc) is 3.80. The molecule has 2 aliphatic heterocycles. The number of aliphatic carboxylic acids is 3. The van der Waals surface area contributed by atoms with Gasteiger partial charge in [-0.15, -0.1) is 0 Å². The summed E-state index contributed by atoms with van der Waals surface area (Å²) < 4.78 is 0. The summed E-state index contributed by atoms with van der Waals surface area (Å²) in [6, 6.07) is -8.19. The van der Waals surface area contributed by atoms with Crippen molar-refractivity contribution in [3.63, 3.8) is 0 Å². The molecule has 304 valence electrons. The minimum Gasteiger partial charge on any atom is -0.481 e. The first kappa shape index (κ1) is 45.3. The second kappa shape index (κ2) is 21.8. The van der Waals surface area contributed by atoms with Crippen molar-refractivity contribution in [2.24, 2.45) is 17.4 Å². The predicted octanol–water partition coefficient (Wildman–Crippen LogP) is -2.15. The summed E-state index contributed by atoms with van der Waals surface area (Å²) in [5.41, 5.74) is 11.4. The van der Waals surface area contributed by atoms with Crippen LogP contribution in [0.1, 0.15) is 91.4 Å². The summed E-state index contributed by atoms with van der Waals surface area (Å²) in [7, 11) is 0. The van der Waals surface area contributed by atoms with Gasteiger partial charge in [0.15, 0.2) is 0 Å². The molecule has 54 heavy (non-hydrogen) atoms. The number of carboxylic acids is 3. The first-order valence-corrected chi connectivity index (χ1v) is 18.3. The standard InChI is InChI=1S/C34H56N8O12/c1-18(2)27(40-31(50)24-10-6-16-41(24)32(51)20(36)11-13-25(43)44)33(52)42-17-7-9-23(42)30(49)38-21(12-14-26(45)46)29(48)37-19(3)28(47)39-22(34(53)54)8-4-5-15-35/h18-24,27H,4-17,35-36H2,1-3H3,(H,37,48)(H,38,49)(H,39,47)(H,40,50)(H,43,44)(H,45,46)(H,53,54)/t19-,20-,21-,22-,23-,24-,27-/m0/s1. The SMILES string of the molecule is CC(C)[C@H](NC(=O)[C@@H]1CCCN1C(=O)[C@@H](N)CCC(=O)O)C(=O)N1CCC[C@H]1C(=O)N[C@@H](CCC(=O)O)C(=O)N[C@@H](C)C(=O)N[C@@H](CCCCN)C(=O)O. The number of likely N-dealkylation sites (tertiary alicyclic amines) is 2. The Kier molecular flexibility index (Phi) is 18.3. The maximum absolute atomic E-state index is 13.9. The van der Waals surface area contributed by atoms with E-state index in [0.717, 1.165) is 0 Å². The molecule has 0 unspecified atom stereocenters. The van der Waals surface area contributed by atoms with Crippen molar-refractivity contribution in [3.8, 4) is 0 Å². The average molecular weight is 769 g/mol. The number of rotatable bonds is 22. The highest BCUT2D eigenvalue weighted by Crippen LogP contribution is 2.23. The Morgan fingerprint density at radius 1 is 0.667 bits per heavy atom. The Hall–Kier alpha value is -4.85. The van der Waals surface area contributed by atoms with Crippen LogP contribution >= 0.6 is 0 Å². The topological polar surface area (TPSA) is 321 Å². The monoisotopic (exact) mass is 768 g/mol. The molecular weight excluding hydrogens is 712 g/mol. The van der Waals surface area contributed by atoms with Crippen LogP contribution in [0.15, 0.2) is 0 Å². The Bertz CT molecular complexity index is 1390. The van der Waals surface area contributed by atoms with E-state index in [4.69, 9.17) is 16.6 Å². The molecule has 11 N–H and O–H groups in total. The summed E-state index contributed by atoms with van der Waals surface area (Å²) >= 11 is 0. The molecule has 0 radical (unpaired) electrons. The molecule has 20 nitrogen and oxygen atoms in total. The number of carbonyl (C=O) groups is 9. The number of carbonyl (C=O) groups excluding carboxylic acids is 6. The molecule has 2 fully saturated rings. The second-order valence-electron chi connectivity index (χ2n) is 14.1. The third-order valence-corrected chi connectivity index (χ3v) is 9.49. The number of amides is 6. The number of nitrogens with zero attached hydrogens (tertiary/aromatic N) is 2. The van der Waals surface area contributed by atoms with Gasteiger partial charge in [0.2, 0.25) is 35.4 Å². The van der Waals surface area contributed by atoms with Gasteiger partial charge in [0.25, 0.3) is 0 Å². The molecule has 2 heterocycles. The molecule has 6 amide bonds. The Morgan fingerprint density at radius 2 is 1.20 bits per heavy atom. The minimum absolute atomic E-state index is 0.109. The highest BCUT2D eigenvalue weighted by Gasteiger charge is 2.42. The Morgan fingerprint density at radius 3 is 1.72 bits per heavy atom. The van der Waals surface area contributed by atoms with Crippen LogP contribution in [0.5, 0.6) is 0 Å². The lowest BCUT2D eigenvalue weighted by atomic mass is 10.0. The molecule has 0 aliphatic carbocycles. The van der Waals surface area contributed by atoms with Gasteiger partial charge in [-0.3, -0.25) is 38.4 Å². The van der Waals surface area contributed by atoms with E-state index >= 15 is 0 Å². The highest BCUT2D eigenvalue weighted by molar-refractivity contribution is 5.97. The van der Waals surface area contributed by atoms with E-state index in [0.29, 0.717) is 38.6 Å². The first-order chi connectivity index (χ1) is 25.4. The van der Waals surface area contributed by atoms with E-state index in [2.05, 4.69) is 21.3 Å². The summed E-state index contributed by atoms with van der Waals surface area (Å²) in [5, 5.41) is 37.7. The maximum atomic E-state index is 13.9. The van der Waals surface area contributed by atoms with E-state index in [-0.39, 0.29) is 45.2 Å². The number of nitrogens with two attached hydrogens (primary N) is 2.